The minimum atomic E-state index is -0.750. The molecule has 0 aromatic carbocycles. The summed E-state index contributed by atoms with van der Waals surface area (Å²) in [7, 11) is 0. The third-order valence-electron chi connectivity index (χ3n) is 2.78. The predicted molar refractivity (Wildman–Crippen MR) is 150 cm³/mol. The molecule has 0 spiro atoms. The Bertz CT molecular complexity index is 503. The van der Waals surface area contributed by atoms with Crippen LogP contribution in [0.1, 0.15) is 20.8 Å². The van der Waals surface area contributed by atoms with Gasteiger partial charge in [-0.1, -0.05) is 54.5 Å². The van der Waals surface area contributed by atoms with Crippen molar-refractivity contribution in [1.82, 2.24) is 0 Å². The van der Waals surface area contributed by atoms with Gasteiger partial charge in [0.2, 0.25) is 0 Å². The molecule has 0 fully saturated rings. The fourth-order valence-corrected chi connectivity index (χ4v) is 1.49. The maximum atomic E-state index is 10.1. The van der Waals surface area contributed by atoms with E-state index in [0.717, 1.165) is 0 Å². The van der Waals surface area contributed by atoms with Crippen LogP contribution in [0.25, 0.3) is 0 Å². The molecule has 0 aliphatic heterocycles. The summed E-state index contributed by atoms with van der Waals surface area (Å²) in [5, 5.41) is 27.5. The number of halogens is 1. The molecule has 10 nitrogen and oxygen atoms in total. The van der Waals surface area contributed by atoms with Gasteiger partial charge in [-0.05, 0) is 0 Å². The van der Waals surface area contributed by atoms with Crippen molar-refractivity contribution in [1.29, 1.82) is 0 Å². The third kappa shape index (κ3) is 85.5. The molecule has 0 bridgehead atoms. The molecule has 0 aromatic heterocycles. The number of alkyl halides is 1. The second-order valence-electron chi connectivity index (χ2n) is 7.47. The second kappa shape index (κ2) is 48.1. The predicted octanol–water partition coefficient (Wildman–Crippen LogP) is -2.50. The van der Waals surface area contributed by atoms with E-state index in [9.17, 15) is 5.11 Å². The normalized spacial score (nSPS) is 9.54. The van der Waals surface area contributed by atoms with Crippen LogP contribution in [0.4, 0.5) is 0 Å². The van der Waals surface area contributed by atoms with Crippen LogP contribution in [0.3, 0.4) is 0 Å². The molecule has 12 heteroatoms. The number of hydrogen-bond acceptors (Lipinski definition) is 10. The summed E-state index contributed by atoms with van der Waals surface area (Å²) in [5.41, 5.74) is -0.750. The average molecular weight is 652 g/mol. The smallest absolute Gasteiger partial charge is 0.850 e. The summed E-state index contributed by atoms with van der Waals surface area (Å²) in [6.07, 6.45) is 14.7. The van der Waals surface area contributed by atoms with Crippen LogP contribution in [-0.2, 0) is 33.2 Å². The Hall–Kier alpha value is 0.396. The van der Waals surface area contributed by atoms with Gasteiger partial charge >= 0.3 is 51.4 Å². The van der Waals surface area contributed by atoms with E-state index in [0.29, 0.717) is 97.8 Å². The molecule has 0 saturated heterocycles. The van der Waals surface area contributed by atoms with Gasteiger partial charge in [-0.25, -0.2) is 0 Å². The van der Waals surface area contributed by atoms with E-state index in [2.05, 4.69) is 33.7 Å². The van der Waals surface area contributed by atoms with Crippen molar-refractivity contribution in [3.63, 3.8) is 0 Å². The average Bonchev–Trinajstić information content (AvgIpc) is 2.88. The maximum Gasteiger partial charge on any atom is 1.00 e. The molecule has 0 aromatic rings. The minimum Gasteiger partial charge on any atom is -0.850 e. The first-order valence-corrected chi connectivity index (χ1v) is 13.2. The minimum absolute atomic E-state index is 0. The van der Waals surface area contributed by atoms with E-state index in [1.165, 1.54) is 0 Å². The largest absolute Gasteiger partial charge is 1.00 e. The third-order valence-corrected chi connectivity index (χ3v) is 3.10. The molecule has 0 unspecified atom stereocenters. The summed E-state index contributed by atoms with van der Waals surface area (Å²) in [6, 6.07) is 0. The van der Waals surface area contributed by atoms with Crippen molar-refractivity contribution < 1.29 is 99.9 Å². The standard InChI is InChI=1S/C12H18O4.C8H18O5.C4H9O.C3H3Br.K/c1-3-5-13-7-9-15-11-12-16-10-8-14-6-4-2;9-1-3-11-5-7-13-8-6-12-4-2-10;1-4(2,3)5;1-2-3-4;/h1-2H,5-12H2;9-10H,1-8H2;1-3H3;1H,3H2;/q;;-1;;+1. The van der Waals surface area contributed by atoms with Crippen molar-refractivity contribution in [2.45, 2.75) is 26.4 Å². The Balaban J connectivity index is -0.000000149. The van der Waals surface area contributed by atoms with E-state index in [1.807, 2.05) is 0 Å². The Morgan fingerprint density at radius 2 is 0.769 bits per heavy atom. The molecule has 0 heterocycles. The fraction of sp³-hybridized carbons (Fsp3) is 0.778. The van der Waals surface area contributed by atoms with Crippen LogP contribution in [0.5, 0.6) is 0 Å². The molecular weight excluding hydrogens is 603 g/mol. The van der Waals surface area contributed by atoms with Gasteiger partial charge in [-0.2, -0.15) is 0 Å². The molecule has 39 heavy (non-hydrogen) atoms. The van der Waals surface area contributed by atoms with Gasteiger partial charge in [-0.3, -0.25) is 0 Å². The van der Waals surface area contributed by atoms with E-state index in [-0.39, 0.29) is 64.6 Å². The summed E-state index contributed by atoms with van der Waals surface area (Å²) in [5.74, 6) is 7.09. The number of hydrogen-bond donors (Lipinski definition) is 2. The number of ether oxygens (including phenoxy) is 7. The van der Waals surface area contributed by atoms with Gasteiger partial charge in [0.25, 0.3) is 0 Å². The van der Waals surface area contributed by atoms with E-state index < -0.39 is 5.60 Å². The van der Waals surface area contributed by atoms with Gasteiger partial charge < -0.3 is 48.5 Å². The van der Waals surface area contributed by atoms with Crippen molar-refractivity contribution in [2.75, 3.05) is 111 Å². The molecule has 224 valence electrons. The van der Waals surface area contributed by atoms with Gasteiger partial charge in [-0.15, -0.1) is 24.9 Å². The molecule has 0 saturated carbocycles. The zero-order valence-corrected chi connectivity index (χ0v) is 29.0. The first-order chi connectivity index (χ1) is 18.2. The molecular formula is C27H48BrKO10. The molecule has 0 radical (unpaired) electrons. The summed E-state index contributed by atoms with van der Waals surface area (Å²) in [4.78, 5) is 0. The molecule has 0 atom stereocenters. The molecule has 2 N–H and O–H groups in total. The first-order valence-electron chi connectivity index (χ1n) is 12.1. The Labute approximate surface area is 287 Å². The summed E-state index contributed by atoms with van der Waals surface area (Å²) in [6.45, 7) is 11.5. The topological polar surface area (TPSA) is 128 Å². The van der Waals surface area contributed by atoms with Crippen molar-refractivity contribution in [3.8, 4) is 37.0 Å². The molecule has 0 amide bonds. The fourth-order valence-electron chi connectivity index (χ4n) is 1.49. The van der Waals surface area contributed by atoms with E-state index in [4.69, 9.17) is 62.6 Å². The molecule has 0 aliphatic carbocycles. The zero-order chi connectivity index (χ0) is 29.6. The van der Waals surface area contributed by atoms with Gasteiger partial charge in [0.1, 0.15) is 13.2 Å². The second-order valence-corrected chi connectivity index (χ2v) is 8.03. The van der Waals surface area contributed by atoms with Crippen molar-refractivity contribution >= 4 is 15.9 Å². The summed E-state index contributed by atoms with van der Waals surface area (Å²) < 4.78 is 35.5. The van der Waals surface area contributed by atoms with E-state index >= 15 is 0 Å². The van der Waals surface area contributed by atoms with Crippen molar-refractivity contribution in [3.05, 3.63) is 0 Å². The zero-order valence-electron chi connectivity index (χ0n) is 24.3. The number of terminal acetylenes is 3. The SMILES string of the molecule is C#CCBr.C#CCOCCOCCOCCOCC#C.CC(C)(C)[O-].OCCOCCOCCOCCO.[K+]. The van der Waals surface area contributed by atoms with Crippen LogP contribution in [0.15, 0.2) is 0 Å². The quantitative estimate of drug-likeness (QED) is 0.0596. The first kappa shape index (κ1) is 49.1. The van der Waals surface area contributed by atoms with E-state index in [1.54, 1.807) is 20.8 Å². The Kier molecular flexibility index (Phi) is 60.6. The Morgan fingerprint density at radius 3 is 0.949 bits per heavy atom. The Morgan fingerprint density at radius 1 is 0.564 bits per heavy atom. The van der Waals surface area contributed by atoms with Crippen LogP contribution in [0, 0.1) is 37.0 Å². The van der Waals surface area contributed by atoms with Crippen LogP contribution < -0.4 is 56.5 Å². The number of aliphatic hydroxyl groups is 2. The number of aliphatic hydroxyl groups excluding tert-OH is 2. The monoisotopic (exact) mass is 650 g/mol. The summed E-state index contributed by atoms with van der Waals surface area (Å²) >= 11 is 3.01. The van der Waals surface area contributed by atoms with Gasteiger partial charge in [0.05, 0.1) is 97.8 Å². The van der Waals surface area contributed by atoms with Crippen LogP contribution in [-0.4, -0.2) is 127 Å². The maximum absolute atomic E-state index is 10.1. The molecule has 0 aliphatic rings. The van der Waals surface area contributed by atoms with Gasteiger partial charge in [0.15, 0.2) is 0 Å². The van der Waals surface area contributed by atoms with Gasteiger partial charge in [0, 0.05) is 0 Å². The van der Waals surface area contributed by atoms with Crippen LogP contribution in [0.2, 0.25) is 0 Å². The molecule has 0 rings (SSSR count). The van der Waals surface area contributed by atoms with Crippen molar-refractivity contribution in [2.24, 2.45) is 0 Å². The number of rotatable bonds is 21. The van der Waals surface area contributed by atoms with Crippen LogP contribution >= 0.6 is 15.9 Å².